The van der Waals surface area contributed by atoms with Crippen molar-refractivity contribution in [3.63, 3.8) is 0 Å². The van der Waals surface area contributed by atoms with Crippen LogP contribution >= 0.6 is 0 Å². The first-order valence-electron chi connectivity index (χ1n) is 8.28. The van der Waals surface area contributed by atoms with E-state index in [9.17, 15) is 27.6 Å². The third-order valence-electron chi connectivity index (χ3n) is 4.41. The Kier molecular flexibility index (Phi) is 4.84. The number of hydrogen-bond acceptors (Lipinski definition) is 3. The number of alkyl halides is 3. The molecular formula is C19H16F3N3O3. The van der Waals surface area contributed by atoms with E-state index >= 15 is 0 Å². The third-order valence-corrected chi connectivity index (χ3v) is 4.41. The minimum absolute atomic E-state index is 0.383. The van der Waals surface area contributed by atoms with Crippen LogP contribution in [-0.2, 0) is 21.3 Å². The highest BCUT2D eigenvalue weighted by Crippen LogP contribution is 2.39. The summed E-state index contributed by atoms with van der Waals surface area (Å²) < 4.78 is 40.0. The second-order valence-corrected chi connectivity index (χ2v) is 6.40. The average Bonchev–Trinajstić information content (AvgIpc) is 2.86. The number of nitrogens with zero attached hydrogens (tertiary/aromatic N) is 1. The molecule has 0 bridgehead atoms. The van der Waals surface area contributed by atoms with Gasteiger partial charge < -0.3 is 10.6 Å². The van der Waals surface area contributed by atoms with Crippen LogP contribution in [0.2, 0.25) is 0 Å². The molecule has 1 heterocycles. The lowest BCUT2D eigenvalue weighted by Crippen LogP contribution is -2.43. The summed E-state index contributed by atoms with van der Waals surface area (Å²) in [4.78, 5) is 37.8. The highest BCUT2D eigenvalue weighted by molar-refractivity contribution is 6.10. The van der Waals surface area contributed by atoms with Crippen molar-refractivity contribution in [3.05, 3.63) is 65.7 Å². The van der Waals surface area contributed by atoms with Gasteiger partial charge in [-0.15, -0.1) is 0 Å². The van der Waals surface area contributed by atoms with Crippen LogP contribution in [-0.4, -0.2) is 29.3 Å². The number of carbonyl (C=O) groups excluding carboxylic acids is 3. The molecule has 146 valence electrons. The van der Waals surface area contributed by atoms with Crippen LogP contribution in [0.1, 0.15) is 18.1 Å². The number of carbonyl (C=O) groups is 3. The number of nitrogens with one attached hydrogen (secondary N) is 2. The fourth-order valence-electron chi connectivity index (χ4n) is 3.06. The van der Waals surface area contributed by atoms with Crippen LogP contribution in [0.4, 0.5) is 23.7 Å². The number of urea groups is 1. The first-order chi connectivity index (χ1) is 13.1. The third kappa shape index (κ3) is 3.55. The van der Waals surface area contributed by atoms with E-state index in [0.717, 1.165) is 12.1 Å². The Morgan fingerprint density at radius 1 is 1.07 bits per heavy atom. The Labute approximate surface area is 158 Å². The molecule has 0 unspecified atom stereocenters. The van der Waals surface area contributed by atoms with Crippen molar-refractivity contribution in [2.24, 2.45) is 0 Å². The number of anilines is 1. The standard InChI is InChI=1S/C19H16F3N3O3/c1-18(13-9-5-6-10-14(13)19(20,21)22)16(27)25(17(28)24-18)11-15(26)23-12-7-3-2-4-8-12/h2-10H,11H2,1H3,(H,23,26)(H,24,28)/t18-/m0/s1. The number of rotatable bonds is 4. The zero-order valence-electron chi connectivity index (χ0n) is 14.7. The van der Waals surface area contributed by atoms with E-state index in [1.165, 1.54) is 19.1 Å². The molecule has 1 fully saturated rings. The number of benzene rings is 2. The maximum absolute atomic E-state index is 13.3. The lowest BCUT2D eigenvalue weighted by Gasteiger charge is -2.25. The Hall–Kier alpha value is -3.36. The van der Waals surface area contributed by atoms with Gasteiger partial charge in [0.2, 0.25) is 5.91 Å². The molecule has 2 aromatic rings. The van der Waals surface area contributed by atoms with Crippen molar-refractivity contribution in [2.75, 3.05) is 11.9 Å². The summed E-state index contributed by atoms with van der Waals surface area (Å²) in [5.41, 5.74) is -2.88. The monoisotopic (exact) mass is 391 g/mol. The van der Waals surface area contributed by atoms with Crippen molar-refractivity contribution >= 4 is 23.5 Å². The Morgan fingerprint density at radius 3 is 2.32 bits per heavy atom. The van der Waals surface area contributed by atoms with Gasteiger partial charge in [-0.3, -0.25) is 14.5 Å². The van der Waals surface area contributed by atoms with Gasteiger partial charge in [-0.05, 0) is 30.7 Å². The lowest BCUT2D eigenvalue weighted by atomic mass is 9.87. The molecule has 1 atom stereocenters. The summed E-state index contributed by atoms with van der Waals surface area (Å²) in [7, 11) is 0. The van der Waals surface area contributed by atoms with Gasteiger partial charge in [0.1, 0.15) is 12.1 Å². The maximum atomic E-state index is 13.3. The van der Waals surface area contributed by atoms with Crippen LogP contribution in [0.25, 0.3) is 0 Å². The van der Waals surface area contributed by atoms with Crippen LogP contribution in [0.15, 0.2) is 54.6 Å². The summed E-state index contributed by atoms with van der Waals surface area (Å²) in [5.74, 6) is -1.58. The molecule has 0 spiro atoms. The SMILES string of the molecule is C[C@@]1(c2ccccc2C(F)(F)F)NC(=O)N(CC(=O)Nc2ccccc2)C1=O. The molecule has 6 nitrogen and oxygen atoms in total. The molecule has 2 aromatic carbocycles. The van der Waals surface area contributed by atoms with Crippen molar-refractivity contribution in [1.82, 2.24) is 10.2 Å². The van der Waals surface area contributed by atoms with E-state index in [2.05, 4.69) is 10.6 Å². The highest BCUT2D eigenvalue weighted by atomic mass is 19.4. The molecule has 4 amide bonds. The molecule has 1 aliphatic heterocycles. The van der Waals surface area contributed by atoms with Crippen molar-refractivity contribution in [2.45, 2.75) is 18.6 Å². The fraction of sp³-hybridized carbons (Fsp3) is 0.211. The zero-order valence-corrected chi connectivity index (χ0v) is 14.7. The normalized spacial score (nSPS) is 19.5. The van der Waals surface area contributed by atoms with Crippen LogP contribution in [0.5, 0.6) is 0 Å². The number of halogens is 3. The quantitative estimate of drug-likeness (QED) is 0.787. The summed E-state index contributed by atoms with van der Waals surface area (Å²) in [5, 5.41) is 4.81. The van der Waals surface area contributed by atoms with Gasteiger partial charge in [0.25, 0.3) is 5.91 Å². The van der Waals surface area contributed by atoms with Gasteiger partial charge in [0.05, 0.1) is 5.56 Å². The van der Waals surface area contributed by atoms with Gasteiger partial charge in [0, 0.05) is 5.69 Å². The van der Waals surface area contributed by atoms with Crippen LogP contribution in [0, 0.1) is 0 Å². The molecule has 1 aliphatic rings. The van der Waals surface area contributed by atoms with Gasteiger partial charge >= 0.3 is 12.2 Å². The Balaban J connectivity index is 1.85. The molecule has 2 N–H and O–H groups in total. The molecule has 9 heteroatoms. The van der Waals surface area contributed by atoms with Gasteiger partial charge in [0.15, 0.2) is 0 Å². The van der Waals surface area contributed by atoms with E-state index in [0.29, 0.717) is 10.6 Å². The largest absolute Gasteiger partial charge is 0.416 e. The second kappa shape index (κ2) is 6.99. The van der Waals surface area contributed by atoms with Crippen LogP contribution in [0.3, 0.4) is 0 Å². The summed E-state index contributed by atoms with van der Waals surface area (Å²) in [6, 6.07) is 11.9. The van der Waals surface area contributed by atoms with Gasteiger partial charge in [-0.2, -0.15) is 13.2 Å². The topological polar surface area (TPSA) is 78.5 Å². The fourth-order valence-corrected chi connectivity index (χ4v) is 3.06. The Bertz CT molecular complexity index is 931. The summed E-state index contributed by atoms with van der Waals surface area (Å²) >= 11 is 0. The predicted octanol–water partition coefficient (Wildman–Crippen LogP) is 3.11. The van der Waals surface area contributed by atoms with E-state index in [1.807, 2.05) is 0 Å². The molecule has 0 radical (unpaired) electrons. The van der Waals surface area contributed by atoms with Gasteiger partial charge in [-0.25, -0.2) is 4.79 Å². The smallest absolute Gasteiger partial charge is 0.325 e. The summed E-state index contributed by atoms with van der Waals surface area (Å²) in [6.45, 7) is 0.566. The van der Waals surface area contributed by atoms with E-state index in [4.69, 9.17) is 0 Å². The van der Waals surface area contributed by atoms with Crippen molar-refractivity contribution in [3.8, 4) is 0 Å². The zero-order chi connectivity index (χ0) is 20.5. The minimum atomic E-state index is -4.71. The van der Waals surface area contributed by atoms with Crippen molar-refractivity contribution < 1.29 is 27.6 Å². The Morgan fingerprint density at radius 2 is 1.68 bits per heavy atom. The number of amides is 4. The first-order valence-corrected chi connectivity index (χ1v) is 8.28. The minimum Gasteiger partial charge on any atom is -0.325 e. The number of imide groups is 1. The number of para-hydroxylation sites is 1. The average molecular weight is 391 g/mol. The predicted molar refractivity (Wildman–Crippen MR) is 94.1 cm³/mol. The molecule has 0 saturated carbocycles. The molecule has 0 aromatic heterocycles. The lowest BCUT2D eigenvalue weighted by molar-refractivity contribution is -0.140. The maximum Gasteiger partial charge on any atom is 0.416 e. The highest BCUT2D eigenvalue weighted by Gasteiger charge is 2.52. The van der Waals surface area contributed by atoms with Gasteiger partial charge in [-0.1, -0.05) is 36.4 Å². The molecule has 0 aliphatic carbocycles. The second-order valence-electron chi connectivity index (χ2n) is 6.40. The van der Waals surface area contributed by atoms with Crippen LogP contribution < -0.4 is 10.6 Å². The first kappa shape index (κ1) is 19.4. The van der Waals surface area contributed by atoms with E-state index in [1.54, 1.807) is 30.3 Å². The van der Waals surface area contributed by atoms with Crippen molar-refractivity contribution in [1.29, 1.82) is 0 Å². The molecule has 28 heavy (non-hydrogen) atoms. The molecule has 3 rings (SSSR count). The van der Waals surface area contributed by atoms with E-state index < -0.39 is 41.7 Å². The molecular weight excluding hydrogens is 375 g/mol. The number of hydrogen-bond donors (Lipinski definition) is 2. The summed E-state index contributed by atoms with van der Waals surface area (Å²) in [6.07, 6.45) is -4.71. The van der Waals surface area contributed by atoms with E-state index in [-0.39, 0.29) is 5.56 Å². The molecule has 1 saturated heterocycles.